The van der Waals surface area contributed by atoms with Crippen molar-refractivity contribution in [2.75, 3.05) is 0 Å². The average molecular weight is 584 g/mol. The van der Waals surface area contributed by atoms with Crippen molar-refractivity contribution in [3.8, 4) is 0 Å². The van der Waals surface area contributed by atoms with Gasteiger partial charge >= 0.3 is 0 Å². The number of nitrogens with one attached hydrogen (secondary N) is 1. The molecule has 210 valence electrons. The normalized spacial score (nSPS) is 15.5. The first-order valence-corrected chi connectivity index (χ1v) is 15.3. The van der Waals surface area contributed by atoms with Crippen molar-refractivity contribution in [2.24, 2.45) is 16.3 Å². The molecule has 3 aromatic heterocycles. The molecular weight excluding hydrogens is 550 g/mol. The van der Waals surface area contributed by atoms with Crippen molar-refractivity contribution in [2.45, 2.75) is 53.1 Å². The molecule has 0 saturated heterocycles. The average Bonchev–Trinajstić information content (AvgIpc) is 3.69. The zero-order valence-electron chi connectivity index (χ0n) is 23.6. The predicted octanol–water partition coefficient (Wildman–Crippen LogP) is 8.83. The summed E-state index contributed by atoms with van der Waals surface area (Å²) < 4.78 is 7.65. The maximum absolute atomic E-state index is 13.6. The van der Waals surface area contributed by atoms with Gasteiger partial charge in [0.05, 0.1) is 18.4 Å². The second-order valence-corrected chi connectivity index (χ2v) is 13.3. The molecule has 0 fully saturated rings. The summed E-state index contributed by atoms with van der Waals surface area (Å²) in [5, 5.41) is 5.70. The lowest BCUT2D eigenvalue weighted by molar-refractivity contribution is 0.0947. The topological polar surface area (TPSA) is 59.5 Å². The largest absolute Gasteiger partial charge is 0.467 e. The minimum atomic E-state index is -0.0959. The smallest absolute Gasteiger partial charge is 0.255 e. The Labute approximate surface area is 249 Å². The van der Waals surface area contributed by atoms with Crippen molar-refractivity contribution in [3.05, 3.63) is 111 Å². The highest BCUT2D eigenvalue weighted by Gasteiger charge is 2.33. The Morgan fingerprint density at radius 1 is 1.15 bits per heavy atom. The van der Waals surface area contributed by atoms with Gasteiger partial charge in [0.2, 0.25) is 0 Å². The summed E-state index contributed by atoms with van der Waals surface area (Å²) in [7, 11) is 0. The Morgan fingerprint density at radius 3 is 2.73 bits per heavy atom. The van der Waals surface area contributed by atoms with E-state index in [0.717, 1.165) is 62.6 Å². The first-order valence-electron chi connectivity index (χ1n) is 14.1. The number of thiophene rings is 1. The molecule has 0 radical (unpaired) electrons. The maximum Gasteiger partial charge on any atom is 0.255 e. The number of carbonyl (C=O) groups excluding carboxylic acids is 1. The van der Waals surface area contributed by atoms with Crippen LogP contribution in [-0.2, 0) is 25.9 Å². The van der Waals surface area contributed by atoms with Gasteiger partial charge in [0.1, 0.15) is 10.8 Å². The molecule has 1 aliphatic carbocycles. The van der Waals surface area contributed by atoms with Crippen LogP contribution in [0, 0.1) is 11.3 Å². The van der Waals surface area contributed by atoms with Gasteiger partial charge in [0, 0.05) is 45.3 Å². The van der Waals surface area contributed by atoms with Crippen molar-refractivity contribution in [3.63, 3.8) is 0 Å². The van der Waals surface area contributed by atoms with Gasteiger partial charge in [-0.2, -0.15) is 0 Å². The molecule has 0 aliphatic heterocycles. The van der Waals surface area contributed by atoms with E-state index >= 15 is 0 Å². The Morgan fingerprint density at radius 2 is 1.95 bits per heavy atom. The molecule has 0 bridgehead atoms. The Bertz CT molecular complexity index is 1720. The van der Waals surface area contributed by atoms with Gasteiger partial charge in [-0.1, -0.05) is 68.8 Å². The number of carbonyl (C=O) groups is 1. The quantitative estimate of drug-likeness (QED) is 0.195. The lowest BCUT2D eigenvalue weighted by Gasteiger charge is -2.33. The Kier molecular flexibility index (Phi) is 7.62. The lowest BCUT2D eigenvalue weighted by atomic mass is 9.72. The summed E-state index contributed by atoms with van der Waals surface area (Å²) in [6.45, 7) is 7.94. The van der Waals surface area contributed by atoms with E-state index in [4.69, 9.17) is 21.0 Å². The highest BCUT2D eigenvalue weighted by Crippen LogP contribution is 2.45. The predicted molar refractivity (Wildman–Crippen MR) is 169 cm³/mol. The molecule has 41 heavy (non-hydrogen) atoms. The first kappa shape index (κ1) is 27.6. The molecule has 3 heterocycles. The number of amides is 1. The third-order valence-corrected chi connectivity index (χ3v) is 9.67. The number of furan rings is 1. The molecule has 1 aliphatic rings. The second-order valence-electron chi connectivity index (χ2n) is 11.8. The van der Waals surface area contributed by atoms with Gasteiger partial charge in [-0.25, -0.2) is 4.99 Å². The monoisotopic (exact) mass is 583 g/mol. The number of rotatable bonds is 7. The van der Waals surface area contributed by atoms with Gasteiger partial charge in [0.25, 0.3) is 5.91 Å². The van der Waals surface area contributed by atoms with E-state index in [-0.39, 0.29) is 11.3 Å². The fourth-order valence-corrected chi connectivity index (χ4v) is 7.22. The summed E-state index contributed by atoms with van der Waals surface area (Å²) in [5.41, 5.74) is 5.27. The summed E-state index contributed by atoms with van der Waals surface area (Å²) in [6, 6.07) is 20.0. The third-order valence-electron chi connectivity index (χ3n) is 8.14. The minimum Gasteiger partial charge on any atom is -0.467 e. The van der Waals surface area contributed by atoms with Crippen LogP contribution >= 0.6 is 22.9 Å². The van der Waals surface area contributed by atoms with Crippen LogP contribution in [0.15, 0.2) is 82.5 Å². The standard InChI is InChI=1S/C34H34ClN3O2S/c1-34(2,3)24-14-15-27-30(17-24)41-33(31(27)32(39)36-19-25-10-8-16-40-25)37-18-23-21-38(29-13-7-5-11-26(23)29)20-22-9-4-6-12-28(22)35/h4-13,16,18,21,24H,14-15,17,19-20H2,1-3H3,(H,36,39)/t24-/m1/s1. The number of hydrogen-bond donors (Lipinski definition) is 1. The summed E-state index contributed by atoms with van der Waals surface area (Å²) >= 11 is 8.15. The highest BCUT2D eigenvalue weighted by atomic mass is 35.5. The van der Waals surface area contributed by atoms with Crippen LogP contribution in [0.5, 0.6) is 0 Å². The molecule has 5 nitrogen and oxygen atoms in total. The van der Waals surface area contributed by atoms with Crippen LogP contribution in [-0.4, -0.2) is 16.7 Å². The van der Waals surface area contributed by atoms with Crippen molar-refractivity contribution in [1.82, 2.24) is 9.88 Å². The number of aliphatic imine (C=N–C) groups is 1. The number of nitrogens with zero attached hydrogens (tertiary/aromatic N) is 2. The zero-order chi connectivity index (χ0) is 28.6. The molecule has 5 aromatic rings. The molecular formula is C34H34ClN3O2S. The van der Waals surface area contributed by atoms with E-state index in [0.29, 0.717) is 24.6 Å². The number of benzene rings is 2. The van der Waals surface area contributed by atoms with Crippen molar-refractivity contribution < 1.29 is 9.21 Å². The number of aromatic nitrogens is 1. The number of fused-ring (bicyclic) bond motifs is 2. The summed E-state index contributed by atoms with van der Waals surface area (Å²) in [4.78, 5) is 19.9. The first-order chi connectivity index (χ1) is 19.8. The second kappa shape index (κ2) is 11.3. The van der Waals surface area contributed by atoms with Crippen LogP contribution in [0.25, 0.3) is 10.9 Å². The van der Waals surface area contributed by atoms with Gasteiger partial charge < -0.3 is 14.3 Å². The van der Waals surface area contributed by atoms with Crippen molar-refractivity contribution >= 4 is 51.0 Å². The van der Waals surface area contributed by atoms with E-state index in [2.05, 4.69) is 55.1 Å². The molecule has 6 rings (SSSR count). The number of hydrogen-bond acceptors (Lipinski definition) is 4. The van der Waals surface area contributed by atoms with E-state index in [1.807, 2.05) is 48.7 Å². The fraction of sp³-hybridized carbons (Fsp3) is 0.294. The van der Waals surface area contributed by atoms with E-state index in [9.17, 15) is 4.79 Å². The summed E-state index contributed by atoms with van der Waals surface area (Å²) in [6.07, 6.45) is 8.60. The number of halogens is 1. The van der Waals surface area contributed by atoms with Gasteiger partial charge in [-0.3, -0.25) is 4.79 Å². The van der Waals surface area contributed by atoms with Crippen LogP contribution in [0.1, 0.15) is 64.9 Å². The maximum atomic E-state index is 13.6. The summed E-state index contributed by atoms with van der Waals surface area (Å²) in [5.74, 6) is 1.21. The van der Waals surface area contributed by atoms with E-state index in [1.54, 1.807) is 17.6 Å². The third kappa shape index (κ3) is 5.77. The van der Waals surface area contributed by atoms with Crippen molar-refractivity contribution in [1.29, 1.82) is 0 Å². The van der Waals surface area contributed by atoms with Gasteiger partial charge in [-0.15, -0.1) is 11.3 Å². The van der Waals surface area contributed by atoms with Crippen LogP contribution in [0.2, 0.25) is 5.02 Å². The molecule has 0 saturated carbocycles. The Hall–Kier alpha value is -3.61. The van der Waals surface area contributed by atoms with Gasteiger partial charge in [0.15, 0.2) is 0 Å². The van der Waals surface area contributed by atoms with Crippen LogP contribution in [0.4, 0.5) is 5.00 Å². The molecule has 7 heteroatoms. The van der Waals surface area contributed by atoms with Crippen LogP contribution < -0.4 is 5.32 Å². The lowest BCUT2D eigenvalue weighted by Crippen LogP contribution is -2.28. The number of para-hydroxylation sites is 1. The molecule has 1 atom stereocenters. The molecule has 1 amide bonds. The highest BCUT2D eigenvalue weighted by molar-refractivity contribution is 7.16. The molecule has 2 aromatic carbocycles. The fourth-order valence-electron chi connectivity index (χ4n) is 5.75. The Balaban J connectivity index is 1.35. The zero-order valence-corrected chi connectivity index (χ0v) is 25.2. The SMILES string of the molecule is CC(C)(C)[C@@H]1CCc2c(sc(N=Cc3cn(Cc4ccccc4Cl)c4ccccc34)c2C(=O)NCc2ccco2)C1. The van der Waals surface area contributed by atoms with E-state index in [1.165, 1.54) is 4.88 Å². The van der Waals surface area contributed by atoms with Gasteiger partial charge in [-0.05, 0) is 66.0 Å². The molecule has 0 spiro atoms. The van der Waals surface area contributed by atoms with Crippen LogP contribution in [0.3, 0.4) is 0 Å². The molecule has 1 N–H and O–H groups in total. The molecule has 0 unspecified atom stereocenters. The minimum absolute atomic E-state index is 0.0959. The van der Waals surface area contributed by atoms with E-state index < -0.39 is 0 Å².